The zero-order chi connectivity index (χ0) is 15.9. The highest BCUT2D eigenvalue weighted by Crippen LogP contribution is 2.41. The monoisotopic (exact) mass is 318 g/mol. The highest BCUT2D eigenvalue weighted by atomic mass is 31.2. The Morgan fingerprint density at radius 2 is 1.18 bits per heavy atom. The van der Waals surface area contributed by atoms with Gasteiger partial charge in [0, 0.05) is 0 Å². The van der Waals surface area contributed by atoms with Crippen molar-refractivity contribution in [3.05, 3.63) is 59.7 Å². The van der Waals surface area contributed by atoms with Gasteiger partial charge in [0.05, 0.1) is 6.61 Å². The quantitative estimate of drug-likeness (QED) is 0.616. The molecule has 2 rings (SSSR count). The van der Waals surface area contributed by atoms with Crippen molar-refractivity contribution >= 4 is 8.60 Å². The Kier molecular flexibility index (Phi) is 6.23. The topological polar surface area (TPSA) is 27.7 Å². The van der Waals surface area contributed by atoms with E-state index in [1.807, 2.05) is 62.4 Å². The van der Waals surface area contributed by atoms with Gasteiger partial charge in [-0.1, -0.05) is 49.2 Å². The molecule has 0 N–H and O–H groups in total. The summed E-state index contributed by atoms with van der Waals surface area (Å²) in [5.41, 5.74) is 2.39. The van der Waals surface area contributed by atoms with Crippen LogP contribution in [0.3, 0.4) is 0 Å². The lowest BCUT2D eigenvalue weighted by molar-refractivity contribution is 0.234. The normalized spacial score (nSPS) is 11.0. The van der Waals surface area contributed by atoms with Gasteiger partial charge in [0.25, 0.3) is 0 Å². The van der Waals surface area contributed by atoms with Crippen LogP contribution in [-0.4, -0.2) is 6.61 Å². The number of hydrogen-bond acceptors (Lipinski definition) is 3. The molecule has 0 radical (unpaired) electrons. The van der Waals surface area contributed by atoms with Crippen LogP contribution < -0.4 is 9.05 Å². The number of benzene rings is 2. The Bertz CT molecular complexity index is 516. The molecule has 0 spiro atoms. The van der Waals surface area contributed by atoms with E-state index in [-0.39, 0.29) is 0 Å². The average Bonchev–Trinajstić information content (AvgIpc) is 2.49. The van der Waals surface area contributed by atoms with Gasteiger partial charge in [-0.05, 0) is 44.0 Å². The third-order valence-electron chi connectivity index (χ3n) is 2.92. The van der Waals surface area contributed by atoms with Crippen LogP contribution in [0.15, 0.2) is 48.5 Å². The second kappa shape index (κ2) is 8.17. The molecule has 0 aliphatic carbocycles. The van der Waals surface area contributed by atoms with Crippen LogP contribution in [0.2, 0.25) is 0 Å². The second-order valence-corrected chi connectivity index (χ2v) is 6.79. The van der Waals surface area contributed by atoms with Crippen LogP contribution in [0.25, 0.3) is 0 Å². The van der Waals surface area contributed by atoms with Gasteiger partial charge in [0.2, 0.25) is 0 Å². The summed E-state index contributed by atoms with van der Waals surface area (Å²) in [5, 5.41) is 0. The first kappa shape index (κ1) is 16.8. The fourth-order valence-corrected chi connectivity index (χ4v) is 2.80. The zero-order valence-electron chi connectivity index (χ0n) is 13.6. The fourth-order valence-electron chi connectivity index (χ4n) is 1.65. The molecule has 0 aliphatic heterocycles. The Morgan fingerprint density at radius 3 is 1.55 bits per heavy atom. The maximum absolute atomic E-state index is 5.87. The molecule has 0 bridgehead atoms. The molecule has 118 valence electrons. The minimum absolute atomic E-state index is 0.424. The molecule has 4 heteroatoms. The van der Waals surface area contributed by atoms with Crippen LogP contribution in [0.5, 0.6) is 11.5 Å². The molecule has 3 nitrogen and oxygen atoms in total. The van der Waals surface area contributed by atoms with Gasteiger partial charge in [-0.3, -0.25) is 4.52 Å². The van der Waals surface area contributed by atoms with Gasteiger partial charge in [-0.25, -0.2) is 0 Å². The van der Waals surface area contributed by atoms with Crippen molar-refractivity contribution in [3.63, 3.8) is 0 Å². The maximum atomic E-state index is 5.87. The molecule has 2 aromatic carbocycles. The highest BCUT2D eigenvalue weighted by molar-refractivity contribution is 7.42. The summed E-state index contributed by atoms with van der Waals surface area (Å²) in [5.74, 6) is 1.94. The molecule has 0 saturated heterocycles. The lowest BCUT2D eigenvalue weighted by Crippen LogP contribution is -2.05. The lowest BCUT2D eigenvalue weighted by Gasteiger charge is -2.18. The summed E-state index contributed by atoms with van der Waals surface area (Å²) in [6.45, 7) is 8.90. The SMILES string of the molecule is Cc1ccc(OP(OCC(C)C)Oc2ccc(C)cc2)cc1. The van der Waals surface area contributed by atoms with E-state index < -0.39 is 8.60 Å². The summed E-state index contributed by atoms with van der Waals surface area (Å²) >= 11 is 0. The molecular weight excluding hydrogens is 295 g/mol. The molecule has 0 amide bonds. The Morgan fingerprint density at radius 1 is 0.773 bits per heavy atom. The predicted molar refractivity (Wildman–Crippen MR) is 91.3 cm³/mol. The average molecular weight is 318 g/mol. The van der Waals surface area contributed by atoms with Crippen molar-refractivity contribution in [2.45, 2.75) is 27.7 Å². The minimum atomic E-state index is -1.47. The van der Waals surface area contributed by atoms with E-state index in [0.717, 1.165) is 11.5 Å². The summed E-state index contributed by atoms with van der Waals surface area (Å²) in [4.78, 5) is 0. The van der Waals surface area contributed by atoms with E-state index in [0.29, 0.717) is 12.5 Å². The van der Waals surface area contributed by atoms with Crippen molar-refractivity contribution in [3.8, 4) is 11.5 Å². The van der Waals surface area contributed by atoms with E-state index in [1.165, 1.54) is 11.1 Å². The zero-order valence-corrected chi connectivity index (χ0v) is 14.5. The third kappa shape index (κ3) is 5.67. The predicted octanol–water partition coefficient (Wildman–Crippen LogP) is 5.66. The van der Waals surface area contributed by atoms with E-state index in [9.17, 15) is 0 Å². The molecular formula is C18H23O3P. The summed E-state index contributed by atoms with van der Waals surface area (Å²) in [6.07, 6.45) is 0. The van der Waals surface area contributed by atoms with Crippen molar-refractivity contribution in [1.82, 2.24) is 0 Å². The molecule has 0 heterocycles. The molecule has 0 saturated carbocycles. The minimum Gasteiger partial charge on any atom is -0.418 e. The van der Waals surface area contributed by atoms with Crippen LogP contribution in [0, 0.1) is 19.8 Å². The van der Waals surface area contributed by atoms with Crippen LogP contribution in [-0.2, 0) is 4.52 Å². The van der Waals surface area contributed by atoms with Gasteiger partial charge in [0.15, 0.2) is 0 Å². The van der Waals surface area contributed by atoms with Crippen molar-refractivity contribution in [2.24, 2.45) is 5.92 Å². The van der Waals surface area contributed by atoms with E-state index >= 15 is 0 Å². The molecule has 0 aliphatic rings. The van der Waals surface area contributed by atoms with Crippen LogP contribution in [0.1, 0.15) is 25.0 Å². The van der Waals surface area contributed by atoms with Gasteiger partial charge in [-0.15, -0.1) is 0 Å². The van der Waals surface area contributed by atoms with Gasteiger partial charge >= 0.3 is 8.60 Å². The maximum Gasteiger partial charge on any atom is 0.463 e. The Labute approximate surface area is 134 Å². The largest absolute Gasteiger partial charge is 0.463 e. The van der Waals surface area contributed by atoms with Crippen LogP contribution in [0.4, 0.5) is 0 Å². The highest BCUT2D eigenvalue weighted by Gasteiger charge is 2.18. The van der Waals surface area contributed by atoms with E-state index in [4.69, 9.17) is 13.6 Å². The van der Waals surface area contributed by atoms with Crippen molar-refractivity contribution < 1.29 is 13.6 Å². The third-order valence-corrected chi connectivity index (χ3v) is 3.99. The first-order chi connectivity index (χ1) is 10.5. The first-order valence-corrected chi connectivity index (χ1v) is 8.55. The molecule has 0 fully saturated rings. The standard InChI is InChI=1S/C18H23O3P/c1-14(2)13-19-22(20-17-9-5-15(3)6-10-17)21-18-11-7-16(4)8-12-18/h5-12,14H,13H2,1-4H3. The fraction of sp³-hybridized carbons (Fsp3) is 0.333. The lowest BCUT2D eigenvalue weighted by atomic mass is 10.2. The molecule has 22 heavy (non-hydrogen) atoms. The molecule has 2 aromatic rings. The number of aryl methyl sites for hydroxylation is 2. The van der Waals surface area contributed by atoms with E-state index in [1.54, 1.807) is 0 Å². The summed E-state index contributed by atoms with van der Waals surface area (Å²) in [7, 11) is -1.47. The molecule has 0 atom stereocenters. The van der Waals surface area contributed by atoms with Crippen molar-refractivity contribution in [1.29, 1.82) is 0 Å². The Balaban J connectivity index is 2.04. The van der Waals surface area contributed by atoms with Crippen LogP contribution >= 0.6 is 8.60 Å². The summed E-state index contributed by atoms with van der Waals surface area (Å²) in [6, 6.07) is 15.8. The summed E-state index contributed by atoms with van der Waals surface area (Å²) < 4.78 is 17.5. The van der Waals surface area contributed by atoms with E-state index in [2.05, 4.69) is 13.8 Å². The second-order valence-electron chi connectivity index (χ2n) is 5.72. The van der Waals surface area contributed by atoms with Gasteiger partial charge in [-0.2, -0.15) is 0 Å². The first-order valence-electron chi connectivity index (χ1n) is 7.45. The smallest absolute Gasteiger partial charge is 0.418 e. The number of hydrogen-bond donors (Lipinski definition) is 0. The molecule has 0 unspecified atom stereocenters. The van der Waals surface area contributed by atoms with Gasteiger partial charge < -0.3 is 9.05 Å². The van der Waals surface area contributed by atoms with Gasteiger partial charge in [0.1, 0.15) is 11.5 Å². The Hall–Kier alpha value is -1.57. The number of rotatable bonds is 7. The van der Waals surface area contributed by atoms with Crippen molar-refractivity contribution in [2.75, 3.05) is 6.61 Å². The molecule has 0 aromatic heterocycles.